The van der Waals surface area contributed by atoms with Gasteiger partial charge in [-0.3, -0.25) is 24.2 Å². The minimum absolute atomic E-state index is 0.213. The molecule has 2 aliphatic rings. The molecule has 3 rings (SSSR count). The van der Waals surface area contributed by atoms with Crippen molar-refractivity contribution in [3.05, 3.63) is 41.5 Å². The Bertz CT molecular complexity index is 1070. The Kier molecular flexibility index (Phi) is 10.7. The summed E-state index contributed by atoms with van der Waals surface area (Å²) in [5, 5.41) is 17.6. The van der Waals surface area contributed by atoms with Crippen LogP contribution in [-0.4, -0.2) is 64.6 Å². The lowest BCUT2D eigenvalue weighted by Crippen LogP contribution is -2.61. The standard InChI is InChI=1S/C29H42N4O6/c1-17(2)25-27(36)31-20(5)28(37)33-15-9-13-23(32-33)26(35)30-19(4)22-12-8-11-21(16-22)10-6-7-14-24(34)18(3)29(38)39-25/h6,8,10-12,16-20,23-25,32,34H,7,9,13-15H2,1-5H3,(H,30,35)(H,31,36)/t18-,19-,20+,23+,24-,25+/m1/s1. The van der Waals surface area contributed by atoms with Gasteiger partial charge in [-0.15, -0.1) is 0 Å². The van der Waals surface area contributed by atoms with Gasteiger partial charge in [0.15, 0.2) is 6.10 Å². The van der Waals surface area contributed by atoms with Crippen LogP contribution in [0.1, 0.15) is 77.5 Å². The van der Waals surface area contributed by atoms with Crippen molar-refractivity contribution in [2.75, 3.05) is 6.54 Å². The largest absolute Gasteiger partial charge is 0.452 e. The average Bonchev–Trinajstić information content (AvgIpc) is 2.92. The topological polar surface area (TPSA) is 137 Å². The molecule has 214 valence electrons. The monoisotopic (exact) mass is 542 g/mol. The lowest BCUT2D eigenvalue weighted by molar-refractivity contribution is -0.165. The van der Waals surface area contributed by atoms with Crippen LogP contribution in [0.25, 0.3) is 6.08 Å². The predicted octanol–water partition coefficient (Wildman–Crippen LogP) is 2.24. The second-order valence-corrected chi connectivity index (χ2v) is 10.9. The molecule has 0 aliphatic carbocycles. The Hall–Kier alpha value is -3.24. The number of carbonyl (C=O) groups excluding carboxylic acids is 4. The van der Waals surface area contributed by atoms with E-state index in [2.05, 4.69) is 16.1 Å². The van der Waals surface area contributed by atoms with Crippen molar-refractivity contribution < 1.29 is 29.0 Å². The van der Waals surface area contributed by atoms with Crippen LogP contribution < -0.4 is 16.1 Å². The molecule has 1 fully saturated rings. The first kappa shape index (κ1) is 30.3. The molecular formula is C29H42N4O6. The Morgan fingerprint density at radius 2 is 1.72 bits per heavy atom. The van der Waals surface area contributed by atoms with Crippen molar-refractivity contribution in [3.63, 3.8) is 0 Å². The highest BCUT2D eigenvalue weighted by atomic mass is 16.5. The number of nitrogens with zero attached hydrogens (tertiary/aromatic N) is 1. The molecule has 0 saturated carbocycles. The Morgan fingerprint density at radius 1 is 1.00 bits per heavy atom. The first-order valence-corrected chi connectivity index (χ1v) is 13.8. The number of hydrazine groups is 1. The summed E-state index contributed by atoms with van der Waals surface area (Å²) in [6, 6.07) is 6.04. The number of cyclic esters (lactones) is 1. The third-order valence-electron chi connectivity index (χ3n) is 7.26. The number of esters is 1. The minimum atomic E-state index is -1.12. The summed E-state index contributed by atoms with van der Waals surface area (Å²) >= 11 is 0. The van der Waals surface area contributed by atoms with Crippen LogP contribution in [0, 0.1) is 11.8 Å². The molecule has 0 spiro atoms. The Labute approximate surface area is 230 Å². The van der Waals surface area contributed by atoms with Gasteiger partial charge in [-0.1, -0.05) is 44.2 Å². The van der Waals surface area contributed by atoms with Crippen LogP contribution in [0.15, 0.2) is 30.3 Å². The van der Waals surface area contributed by atoms with Crippen molar-refractivity contribution in [2.24, 2.45) is 11.8 Å². The molecule has 1 saturated heterocycles. The van der Waals surface area contributed by atoms with Gasteiger partial charge >= 0.3 is 5.97 Å². The van der Waals surface area contributed by atoms with E-state index in [9.17, 15) is 24.3 Å². The fourth-order valence-electron chi connectivity index (χ4n) is 4.67. The van der Waals surface area contributed by atoms with Crippen molar-refractivity contribution in [3.8, 4) is 0 Å². The van der Waals surface area contributed by atoms with E-state index in [4.69, 9.17) is 4.74 Å². The zero-order valence-corrected chi connectivity index (χ0v) is 23.5. The molecule has 4 N–H and O–H groups in total. The van der Waals surface area contributed by atoms with Gasteiger partial charge < -0.3 is 20.5 Å². The van der Waals surface area contributed by atoms with E-state index in [0.29, 0.717) is 32.2 Å². The van der Waals surface area contributed by atoms with Gasteiger partial charge in [0.25, 0.3) is 11.8 Å². The molecule has 10 nitrogen and oxygen atoms in total. The summed E-state index contributed by atoms with van der Waals surface area (Å²) in [6.45, 7) is 8.92. The van der Waals surface area contributed by atoms with E-state index in [1.807, 2.05) is 43.3 Å². The third kappa shape index (κ3) is 8.12. The van der Waals surface area contributed by atoms with E-state index < -0.39 is 48.0 Å². The number of aliphatic hydroxyl groups is 1. The number of ether oxygens (including phenoxy) is 1. The molecule has 2 heterocycles. The quantitative estimate of drug-likeness (QED) is 0.400. The van der Waals surface area contributed by atoms with Gasteiger partial charge in [0.1, 0.15) is 12.1 Å². The number of aliphatic hydroxyl groups excluding tert-OH is 1. The molecular weight excluding hydrogens is 500 g/mol. The van der Waals surface area contributed by atoms with Gasteiger partial charge in [0, 0.05) is 6.54 Å². The van der Waals surface area contributed by atoms with Crippen LogP contribution in [0.3, 0.4) is 0 Å². The maximum Gasteiger partial charge on any atom is 0.312 e. The molecule has 1 aromatic rings. The maximum atomic E-state index is 13.1. The summed E-state index contributed by atoms with van der Waals surface area (Å²) in [7, 11) is 0. The summed E-state index contributed by atoms with van der Waals surface area (Å²) < 4.78 is 5.52. The number of amides is 3. The highest BCUT2D eigenvalue weighted by molar-refractivity contribution is 5.91. The van der Waals surface area contributed by atoms with Gasteiger partial charge in [-0.25, -0.2) is 5.43 Å². The molecule has 6 atom stereocenters. The normalized spacial score (nSPS) is 30.1. The molecule has 4 bridgehead atoms. The van der Waals surface area contributed by atoms with Crippen LogP contribution in [0.4, 0.5) is 0 Å². The van der Waals surface area contributed by atoms with E-state index in [-0.39, 0.29) is 17.9 Å². The van der Waals surface area contributed by atoms with Crippen LogP contribution >= 0.6 is 0 Å². The first-order valence-electron chi connectivity index (χ1n) is 13.8. The van der Waals surface area contributed by atoms with Crippen molar-refractivity contribution in [2.45, 2.75) is 90.6 Å². The van der Waals surface area contributed by atoms with Gasteiger partial charge in [-0.05, 0) is 69.6 Å². The third-order valence-corrected chi connectivity index (χ3v) is 7.26. The summed E-state index contributed by atoms with van der Waals surface area (Å²) in [4.78, 5) is 52.0. The number of carbonyl (C=O) groups is 4. The van der Waals surface area contributed by atoms with Crippen LogP contribution in [-0.2, 0) is 23.9 Å². The van der Waals surface area contributed by atoms with Crippen LogP contribution in [0.5, 0.6) is 0 Å². The van der Waals surface area contributed by atoms with E-state index in [1.165, 1.54) is 5.01 Å². The fourth-order valence-corrected chi connectivity index (χ4v) is 4.67. The smallest absolute Gasteiger partial charge is 0.312 e. The highest BCUT2D eigenvalue weighted by Gasteiger charge is 2.35. The molecule has 0 unspecified atom stereocenters. The minimum Gasteiger partial charge on any atom is -0.452 e. The average molecular weight is 543 g/mol. The van der Waals surface area contributed by atoms with Gasteiger partial charge in [0.2, 0.25) is 5.91 Å². The first-order chi connectivity index (χ1) is 18.5. The van der Waals surface area contributed by atoms with Crippen molar-refractivity contribution in [1.82, 2.24) is 21.1 Å². The summed E-state index contributed by atoms with van der Waals surface area (Å²) in [6.07, 6.45) is 3.86. The molecule has 1 aromatic carbocycles. The van der Waals surface area contributed by atoms with Crippen LogP contribution in [0.2, 0.25) is 0 Å². The lowest BCUT2D eigenvalue weighted by Gasteiger charge is -2.35. The van der Waals surface area contributed by atoms with Gasteiger partial charge in [-0.2, -0.15) is 0 Å². The summed E-state index contributed by atoms with van der Waals surface area (Å²) in [5.41, 5.74) is 4.89. The van der Waals surface area contributed by atoms with Crippen molar-refractivity contribution in [1.29, 1.82) is 0 Å². The second-order valence-electron chi connectivity index (χ2n) is 10.9. The maximum absolute atomic E-state index is 13.1. The molecule has 0 aromatic heterocycles. The Balaban J connectivity index is 1.85. The Morgan fingerprint density at radius 3 is 2.44 bits per heavy atom. The number of hydrogen-bond acceptors (Lipinski definition) is 7. The number of rotatable bonds is 1. The molecule has 2 aliphatic heterocycles. The number of fused-ring (bicyclic) bond motifs is 4. The SMILES string of the molecule is CC(C)[C@@H]1OC(=O)[C@H](C)[C@H](O)CCC=Cc2cccc(c2)[C@@H](C)NC(=O)[C@@H]2CCCN(N2)C(=O)[C@H](C)NC1=O. The second kappa shape index (κ2) is 13.7. The molecule has 10 heteroatoms. The number of hydrogen-bond donors (Lipinski definition) is 4. The molecule has 0 radical (unpaired) electrons. The number of nitrogens with one attached hydrogen (secondary N) is 3. The fraction of sp³-hybridized carbons (Fsp3) is 0.586. The zero-order valence-electron chi connectivity index (χ0n) is 23.5. The van der Waals surface area contributed by atoms with Gasteiger partial charge in [0.05, 0.1) is 18.1 Å². The number of benzene rings is 1. The highest BCUT2D eigenvalue weighted by Crippen LogP contribution is 2.19. The van der Waals surface area contributed by atoms with E-state index in [0.717, 1.165) is 11.1 Å². The van der Waals surface area contributed by atoms with E-state index in [1.54, 1.807) is 27.7 Å². The van der Waals surface area contributed by atoms with Crippen molar-refractivity contribution >= 4 is 29.8 Å². The molecule has 3 amide bonds. The van der Waals surface area contributed by atoms with E-state index >= 15 is 0 Å². The predicted molar refractivity (Wildman–Crippen MR) is 147 cm³/mol. The molecule has 39 heavy (non-hydrogen) atoms. The number of allylic oxidation sites excluding steroid dienone is 1. The summed E-state index contributed by atoms with van der Waals surface area (Å²) in [5.74, 6) is -3.05. The zero-order chi connectivity index (χ0) is 28.7. The lowest BCUT2D eigenvalue weighted by atomic mass is 9.99.